The van der Waals surface area contributed by atoms with Crippen molar-refractivity contribution in [1.82, 2.24) is 14.7 Å². The van der Waals surface area contributed by atoms with E-state index in [-0.39, 0.29) is 22.9 Å². The van der Waals surface area contributed by atoms with Gasteiger partial charge in [0.15, 0.2) is 0 Å². The number of likely N-dealkylation sites (tertiary alicyclic amines) is 1. The molecule has 1 aromatic carbocycles. The number of amides is 2. The number of likely N-dealkylation sites (N-methyl/N-ethyl adjacent to an activating group) is 1. The van der Waals surface area contributed by atoms with Crippen molar-refractivity contribution >= 4 is 11.8 Å². The standard InChI is InChI=1S/C19H26FN3O2/c1-14-4-5-15(16(20)12-14)18(25)23-11-10-22(3)19(13-23)7-6-17(24)21(2)9-8-19/h4-5,12H,6-11,13H2,1-3H3/t19-/m0/s1. The molecule has 0 aromatic heterocycles. The second-order valence-corrected chi connectivity index (χ2v) is 7.42. The minimum absolute atomic E-state index is 0.132. The first kappa shape index (κ1) is 17.9. The van der Waals surface area contributed by atoms with Crippen molar-refractivity contribution in [2.24, 2.45) is 0 Å². The van der Waals surface area contributed by atoms with Crippen LogP contribution in [0.3, 0.4) is 0 Å². The van der Waals surface area contributed by atoms with E-state index in [2.05, 4.69) is 11.9 Å². The fraction of sp³-hybridized carbons (Fsp3) is 0.579. The van der Waals surface area contributed by atoms with Gasteiger partial charge in [0.05, 0.1) is 5.56 Å². The predicted octanol–water partition coefficient (Wildman–Crippen LogP) is 1.90. The van der Waals surface area contributed by atoms with Crippen molar-refractivity contribution in [3.8, 4) is 0 Å². The molecule has 6 heteroatoms. The molecule has 1 spiro atoms. The average molecular weight is 347 g/mol. The Morgan fingerprint density at radius 2 is 1.92 bits per heavy atom. The van der Waals surface area contributed by atoms with Crippen LogP contribution in [0, 0.1) is 12.7 Å². The third-order valence-corrected chi connectivity index (χ3v) is 5.79. The molecule has 0 bridgehead atoms. The maximum Gasteiger partial charge on any atom is 0.256 e. The van der Waals surface area contributed by atoms with Gasteiger partial charge in [0, 0.05) is 45.2 Å². The normalized spacial score (nSPS) is 25.4. The Kier molecular flexibility index (Phi) is 4.82. The van der Waals surface area contributed by atoms with E-state index in [1.54, 1.807) is 28.9 Å². The SMILES string of the molecule is Cc1ccc(C(=O)N2CCN(C)[C@]3(CCC(=O)N(C)CC3)C2)c(F)c1. The van der Waals surface area contributed by atoms with Crippen molar-refractivity contribution in [2.45, 2.75) is 31.7 Å². The predicted molar refractivity (Wildman–Crippen MR) is 93.9 cm³/mol. The summed E-state index contributed by atoms with van der Waals surface area (Å²) < 4.78 is 14.2. The van der Waals surface area contributed by atoms with E-state index in [1.165, 1.54) is 6.07 Å². The Balaban J connectivity index is 1.82. The van der Waals surface area contributed by atoms with Crippen LogP contribution in [-0.4, -0.2) is 72.3 Å². The Bertz CT molecular complexity index is 693. The van der Waals surface area contributed by atoms with Crippen molar-refractivity contribution < 1.29 is 14.0 Å². The zero-order chi connectivity index (χ0) is 18.2. The maximum absolute atomic E-state index is 14.2. The maximum atomic E-state index is 14.2. The number of nitrogens with zero attached hydrogens (tertiary/aromatic N) is 3. The second kappa shape index (κ2) is 6.75. The first-order chi connectivity index (χ1) is 11.8. The number of carbonyl (C=O) groups excluding carboxylic acids is 2. The van der Waals surface area contributed by atoms with Crippen LogP contribution in [0.15, 0.2) is 18.2 Å². The molecule has 2 saturated heterocycles. The number of rotatable bonds is 1. The fourth-order valence-corrected chi connectivity index (χ4v) is 3.90. The van der Waals surface area contributed by atoms with Crippen LogP contribution < -0.4 is 0 Å². The summed E-state index contributed by atoms with van der Waals surface area (Å²) in [6.07, 6.45) is 2.04. The zero-order valence-corrected chi connectivity index (χ0v) is 15.2. The molecule has 2 aliphatic heterocycles. The number of benzene rings is 1. The molecule has 2 heterocycles. The molecule has 0 N–H and O–H groups in total. The van der Waals surface area contributed by atoms with Gasteiger partial charge in [-0.05, 0) is 44.5 Å². The van der Waals surface area contributed by atoms with E-state index in [1.807, 2.05) is 7.05 Å². The first-order valence-corrected chi connectivity index (χ1v) is 8.83. The lowest BCUT2D eigenvalue weighted by Gasteiger charge is -2.49. The lowest BCUT2D eigenvalue weighted by Crippen LogP contribution is -2.62. The van der Waals surface area contributed by atoms with E-state index in [0.717, 1.165) is 24.9 Å². The molecule has 2 fully saturated rings. The number of halogens is 1. The van der Waals surface area contributed by atoms with Crippen LogP contribution in [-0.2, 0) is 4.79 Å². The lowest BCUT2D eigenvalue weighted by atomic mass is 9.86. The first-order valence-electron chi connectivity index (χ1n) is 8.83. The Morgan fingerprint density at radius 1 is 1.16 bits per heavy atom. The Hall–Kier alpha value is -1.95. The summed E-state index contributed by atoms with van der Waals surface area (Å²) in [5.41, 5.74) is 0.719. The van der Waals surface area contributed by atoms with Gasteiger partial charge >= 0.3 is 0 Å². The van der Waals surface area contributed by atoms with E-state index >= 15 is 0 Å². The van der Waals surface area contributed by atoms with Crippen molar-refractivity contribution in [3.63, 3.8) is 0 Å². The van der Waals surface area contributed by atoms with E-state index in [9.17, 15) is 14.0 Å². The van der Waals surface area contributed by atoms with Gasteiger partial charge in [0.25, 0.3) is 5.91 Å². The van der Waals surface area contributed by atoms with Crippen LogP contribution in [0.1, 0.15) is 35.2 Å². The molecule has 1 atom stereocenters. The summed E-state index contributed by atoms with van der Waals surface area (Å²) in [4.78, 5) is 30.7. The van der Waals surface area contributed by atoms with Crippen LogP contribution >= 0.6 is 0 Å². The number of hydrogen-bond donors (Lipinski definition) is 0. The van der Waals surface area contributed by atoms with Crippen LogP contribution in [0.2, 0.25) is 0 Å². The van der Waals surface area contributed by atoms with E-state index in [4.69, 9.17) is 0 Å². The monoisotopic (exact) mass is 347 g/mol. The molecule has 136 valence electrons. The second-order valence-electron chi connectivity index (χ2n) is 7.42. The van der Waals surface area contributed by atoms with Gasteiger partial charge in [-0.25, -0.2) is 4.39 Å². The van der Waals surface area contributed by atoms with Gasteiger partial charge in [-0.2, -0.15) is 0 Å². The van der Waals surface area contributed by atoms with Crippen LogP contribution in [0.5, 0.6) is 0 Å². The summed E-state index contributed by atoms with van der Waals surface area (Å²) in [6.45, 7) is 4.34. The van der Waals surface area contributed by atoms with Gasteiger partial charge in [-0.15, -0.1) is 0 Å². The summed E-state index contributed by atoms with van der Waals surface area (Å²) in [7, 11) is 3.89. The molecule has 0 radical (unpaired) electrons. The summed E-state index contributed by atoms with van der Waals surface area (Å²) >= 11 is 0. The third kappa shape index (κ3) is 3.40. The van der Waals surface area contributed by atoms with Gasteiger partial charge in [0.1, 0.15) is 5.82 Å². The highest BCUT2D eigenvalue weighted by molar-refractivity contribution is 5.94. The molecule has 2 amide bonds. The summed E-state index contributed by atoms with van der Waals surface area (Å²) in [5, 5.41) is 0. The number of piperazine rings is 1. The Morgan fingerprint density at radius 3 is 2.64 bits per heavy atom. The van der Waals surface area contributed by atoms with E-state index < -0.39 is 5.82 Å². The lowest BCUT2D eigenvalue weighted by molar-refractivity contribution is -0.129. The van der Waals surface area contributed by atoms with E-state index in [0.29, 0.717) is 26.1 Å². The minimum atomic E-state index is -0.464. The topological polar surface area (TPSA) is 43.9 Å². The van der Waals surface area contributed by atoms with Gasteiger partial charge in [-0.1, -0.05) is 6.07 Å². The number of aryl methyl sites for hydroxylation is 1. The molecule has 2 aliphatic rings. The molecule has 0 aliphatic carbocycles. The van der Waals surface area contributed by atoms with Gasteiger partial charge in [0.2, 0.25) is 5.91 Å². The highest BCUT2D eigenvalue weighted by Crippen LogP contribution is 2.32. The highest BCUT2D eigenvalue weighted by atomic mass is 19.1. The summed E-state index contributed by atoms with van der Waals surface area (Å²) in [5.74, 6) is -0.569. The fourth-order valence-electron chi connectivity index (χ4n) is 3.90. The van der Waals surface area contributed by atoms with Crippen molar-refractivity contribution in [2.75, 3.05) is 40.3 Å². The van der Waals surface area contributed by atoms with Crippen LogP contribution in [0.4, 0.5) is 4.39 Å². The number of hydrogen-bond acceptors (Lipinski definition) is 3. The minimum Gasteiger partial charge on any atom is -0.346 e. The van der Waals surface area contributed by atoms with Gasteiger partial charge in [-0.3, -0.25) is 14.5 Å². The highest BCUT2D eigenvalue weighted by Gasteiger charge is 2.43. The molecule has 0 saturated carbocycles. The van der Waals surface area contributed by atoms with Gasteiger partial charge < -0.3 is 9.80 Å². The Labute approximate surface area is 148 Å². The van der Waals surface area contributed by atoms with Crippen molar-refractivity contribution in [3.05, 3.63) is 35.1 Å². The third-order valence-electron chi connectivity index (χ3n) is 5.79. The quantitative estimate of drug-likeness (QED) is 0.779. The number of carbonyl (C=O) groups is 2. The zero-order valence-electron chi connectivity index (χ0n) is 15.2. The molecule has 0 unspecified atom stereocenters. The molecular formula is C19H26FN3O2. The average Bonchev–Trinajstić information content (AvgIpc) is 2.71. The molecular weight excluding hydrogens is 321 g/mol. The molecule has 1 aromatic rings. The smallest absolute Gasteiger partial charge is 0.256 e. The van der Waals surface area contributed by atoms with Crippen LogP contribution in [0.25, 0.3) is 0 Å². The summed E-state index contributed by atoms with van der Waals surface area (Å²) in [6, 6.07) is 4.74. The largest absolute Gasteiger partial charge is 0.346 e. The molecule has 3 rings (SSSR count). The van der Waals surface area contributed by atoms with Crippen molar-refractivity contribution in [1.29, 1.82) is 0 Å². The molecule has 5 nitrogen and oxygen atoms in total. The molecule has 25 heavy (non-hydrogen) atoms.